The number of halogens is 1. The first-order valence-electron chi connectivity index (χ1n) is 10.4. The molecule has 0 atom stereocenters. The van der Waals surface area contributed by atoms with E-state index in [4.69, 9.17) is 14.3 Å². The topological polar surface area (TPSA) is 117 Å². The Morgan fingerprint density at radius 1 is 1.27 bits per heavy atom. The lowest BCUT2D eigenvalue weighted by Gasteiger charge is -2.15. The molecule has 4 rings (SSSR count). The Morgan fingerprint density at radius 3 is 2.79 bits per heavy atom. The van der Waals surface area contributed by atoms with Crippen LogP contribution in [-0.4, -0.2) is 41.8 Å². The predicted octanol–water partition coefficient (Wildman–Crippen LogP) is 4.07. The molecular weight excluding hydrogens is 431 g/mol. The van der Waals surface area contributed by atoms with Gasteiger partial charge in [0.25, 0.3) is 6.01 Å². The van der Waals surface area contributed by atoms with Gasteiger partial charge in [-0.1, -0.05) is 12.1 Å². The molecule has 0 unspecified atom stereocenters. The van der Waals surface area contributed by atoms with Crippen LogP contribution in [0.3, 0.4) is 0 Å². The number of hydrogen-bond donors (Lipinski definition) is 3. The van der Waals surface area contributed by atoms with Crippen LogP contribution in [0.1, 0.15) is 18.4 Å². The van der Waals surface area contributed by atoms with E-state index in [0.29, 0.717) is 42.2 Å². The van der Waals surface area contributed by atoms with Crippen LogP contribution in [0, 0.1) is 0 Å². The zero-order valence-electron chi connectivity index (χ0n) is 17.7. The summed E-state index contributed by atoms with van der Waals surface area (Å²) in [6.45, 7) is 0.974. The van der Waals surface area contributed by atoms with E-state index in [9.17, 15) is 14.0 Å². The molecule has 3 aromatic rings. The van der Waals surface area contributed by atoms with Gasteiger partial charge >= 0.3 is 6.09 Å². The van der Waals surface area contributed by atoms with E-state index in [1.807, 2.05) is 24.3 Å². The quantitative estimate of drug-likeness (QED) is 0.446. The van der Waals surface area contributed by atoms with Crippen LogP contribution in [0.15, 0.2) is 58.8 Å². The van der Waals surface area contributed by atoms with Crippen LogP contribution < -0.4 is 20.3 Å². The lowest BCUT2D eigenvalue weighted by molar-refractivity contribution is -0.117. The number of rotatable bonds is 9. The molecule has 2 heterocycles. The molecule has 2 amide bonds. The molecule has 9 nitrogen and oxygen atoms in total. The van der Waals surface area contributed by atoms with E-state index < -0.39 is 6.09 Å². The molecule has 0 spiro atoms. The Morgan fingerprint density at radius 2 is 2.09 bits per heavy atom. The molecule has 3 N–H and O–H groups in total. The Hall–Kier alpha value is -4.08. The largest absolute Gasteiger partial charge is 0.489 e. The first-order chi connectivity index (χ1) is 16.0. The number of carbonyl (C=O) groups is 2. The summed E-state index contributed by atoms with van der Waals surface area (Å²) in [6.07, 6.45) is 0.571. The highest BCUT2D eigenvalue weighted by atomic mass is 19.1. The SMILES string of the molecule is O=C(O)NC/C(=C/F)COc1ccc2nc(NCc3ccc(N4CCCC4=O)cc3)oc2c1. The van der Waals surface area contributed by atoms with Gasteiger partial charge in [-0.25, -0.2) is 9.18 Å². The number of nitrogens with zero attached hydrogens (tertiary/aromatic N) is 2. The van der Waals surface area contributed by atoms with Gasteiger partial charge in [0, 0.05) is 43.4 Å². The molecule has 1 aromatic heterocycles. The molecule has 33 heavy (non-hydrogen) atoms. The van der Waals surface area contributed by atoms with Crippen molar-refractivity contribution in [3.63, 3.8) is 0 Å². The third-order valence-corrected chi connectivity index (χ3v) is 5.17. The van der Waals surface area contributed by atoms with Gasteiger partial charge in [-0.3, -0.25) is 4.79 Å². The van der Waals surface area contributed by atoms with E-state index in [-0.39, 0.29) is 24.6 Å². The summed E-state index contributed by atoms with van der Waals surface area (Å²) < 4.78 is 24.1. The fourth-order valence-electron chi connectivity index (χ4n) is 3.45. The smallest absolute Gasteiger partial charge is 0.404 e. The average Bonchev–Trinajstić information content (AvgIpc) is 3.43. The number of aromatic nitrogens is 1. The molecule has 1 saturated heterocycles. The standard InChI is InChI=1S/C23H23FN4O5/c24-11-16(13-26-23(30)31)14-32-18-7-8-19-20(10-18)33-22(27-19)25-12-15-3-5-17(6-4-15)28-9-1-2-21(28)29/h3-8,10-11,26H,1-2,9,12-14H2,(H,25,27)(H,30,31)/b16-11-. The second-order valence-electron chi connectivity index (χ2n) is 7.53. The lowest BCUT2D eigenvalue weighted by atomic mass is 10.2. The fourth-order valence-corrected chi connectivity index (χ4v) is 3.45. The summed E-state index contributed by atoms with van der Waals surface area (Å²) in [4.78, 5) is 28.6. The Labute approximate surface area is 188 Å². The Balaban J connectivity index is 1.33. The van der Waals surface area contributed by atoms with E-state index in [2.05, 4.69) is 15.6 Å². The number of amides is 2. The molecule has 1 aliphatic heterocycles. The Kier molecular flexibility index (Phi) is 6.72. The molecule has 0 radical (unpaired) electrons. The van der Waals surface area contributed by atoms with Gasteiger partial charge in [-0.15, -0.1) is 0 Å². The van der Waals surface area contributed by atoms with Crippen molar-refractivity contribution in [3.05, 3.63) is 59.9 Å². The minimum atomic E-state index is -1.24. The highest BCUT2D eigenvalue weighted by Gasteiger charge is 2.21. The van der Waals surface area contributed by atoms with Crippen molar-refractivity contribution in [1.29, 1.82) is 0 Å². The summed E-state index contributed by atoms with van der Waals surface area (Å²) in [5, 5.41) is 13.8. The van der Waals surface area contributed by atoms with E-state index in [0.717, 1.165) is 24.2 Å². The monoisotopic (exact) mass is 454 g/mol. The van der Waals surface area contributed by atoms with Crippen molar-refractivity contribution in [2.45, 2.75) is 19.4 Å². The number of ether oxygens (including phenoxy) is 1. The summed E-state index contributed by atoms with van der Waals surface area (Å²) in [5.74, 6) is 0.594. The van der Waals surface area contributed by atoms with Gasteiger partial charge in [0.15, 0.2) is 5.58 Å². The van der Waals surface area contributed by atoms with E-state index >= 15 is 0 Å². The molecule has 10 heteroatoms. The zero-order valence-corrected chi connectivity index (χ0v) is 17.7. The molecule has 1 aliphatic rings. The second kappa shape index (κ2) is 10.0. The second-order valence-corrected chi connectivity index (χ2v) is 7.53. The van der Waals surface area contributed by atoms with Crippen LogP contribution >= 0.6 is 0 Å². The third-order valence-electron chi connectivity index (χ3n) is 5.17. The van der Waals surface area contributed by atoms with Crippen LogP contribution in [0.25, 0.3) is 11.1 Å². The summed E-state index contributed by atoms with van der Waals surface area (Å²) in [5.41, 5.74) is 3.18. The normalized spacial score (nSPS) is 14.0. The number of hydrogen-bond acceptors (Lipinski definition) is 6. The molecular formula is C23H23FN4O5. The summed E-state index contributed by atoms with van der Waals surface area (Å²) in [7, 11) is 0. The van der Waals surface area contributed by atoms with Crippen LogP contribution in [-0.2, 0) is 11.3 Å². The first kappa shape index (κ1) is 22.1. The average molecular weight is 454 g/mol. The Bertz CT molecular complexity index is 1180. The summed E-state index contributed by atoms with van der Waals surface area (Å²) >= 11 is 0. The molecule has 0 bridgehead atoms. The van der Waals surface area contributed by atoms with Gasteiger partial charge in [0.05, 0.1) is 6.33 Å². The van der Waals surface area contributed by atoms with Gasteiger partial charge < -0.3 is 29.8 Å². The van der Waals surface area contributed by atoms with Gasteiger partial charge in [0.1, 0.15) is 17.9 Å². The lowest BCUT2D eigenvalue weighted by Crippen LogP contribution is -2.25. The van der Waals surface area contributed by atoms with Gasteiger partial charge in [-0.2, -0.15) is 4.98 Å². The fraction of sp³-hybridized carbons (Fsp3) is 0.261. The van der Waals surface area contributed by atoms with Crippen molar-refractivity contribution in [3.8, 4) is 5.75 Å². The van der Waals surface area contributed by atoms with Crippen LogP contribution in [0.4, 0.5) is 20.9 Å². The minimum Gasteiger partial charge on any atom is -0.489 e. The maximum atomic E-state index is 12.9. The minimum absolute atomic E-state index is 0.111. The molecule has 172 valence electrons. The van der Waals surface area contributed by atoms with Crippen LogP contribution in [0.2, 0.25) is 0 Å². The third kappa shape index (κ3) is 5.59. The number of nitrogens with one attached hydrogen (secondary N) is 2. The first-order valence-corrected chi connectivity index (χ1v) is 10.4. The van der Waals surface area contributed by atoms with Crippen molar-refractivity contribution in [1.82, 2.24) is 10.3 Å². The number of carbonyl (C=O) groups excluding carboxylic acids is 1. The van der Waals surface area contributed by atoms with Crippen molar-refractivity contribution < 1.29 is 28.2 Å². The van der Waals surface area contributed by atoms with Crippen molar-refractivity contribution >= 4 is 34.8 Å². The summed E-state index contributed by atoms with van der Waals surface area (Å²) in [6, 6.07) is 13.1. The molecule has 0 aliphatic carbocycles. The molecule has 0 saturated carbocycles. The number of benzene rings is 2. The van der Waals surface area contributed by atoms with E-state index in [1.165, 1.54) is 0 Å². The molecule has 1 fully saturated rings. The highest BCUT2D eigenvalue weighted by Crippen LogP contribution is 2.25. The van der Waals surface area contributed by atoms with Crippen molar-refractivity contribution in [2.24, 2.45) is 0 Å². The predicted molar refractivity (Wildman–Crippen MR) is 120 cm³/mol. The highest BCUT2D eigenvalue weighted by molar-refractivity contribution is 5.95. The number of anilines is 2. The number of oxazole rings is 1. The maximum absolute atomic E-state index is 12.9. The number of carboxylic acid groups (broad SMARTS) is 1. The molecule has 2 aromatic carbocycles. The van der Waals surface area contributed by atoms with E-state index in [1.54, 1.807) is 23.1 Å². The van der Waals surface area contributed by atoms with Gasteiger partial charge in [0.2, 0.25) is 5.91 Å². The van der Waals surface area contributed by atoms with Crippen molar-refractivity contribution in [2.75, 3.05) is 29.9 Å². The number of fused-ring (bicyclic) bond motifs is 1. The van der Waals surface area contributed by atoms with Gasteiger partial charge in [-0.05, 0) is 36.2 Å². The maximum Gasteiger partial charge on any atom is 0.404 e. The van der Waals surface area contributed by atoms with Crippen LogP contribution in [0.5, 0.6) is 5.75 Å². The zero-order chi connectivity index (χ0) is 23.2.